The molecule has 0 saturated carbocycles. The van der Waals surface area contributed by atoms with Crippen LogP contribution in [0, 0.1) is 5.82 Å². The molecule has 0 amide bonds. The van der Waals surface area contributed by atoms with Crippen LogP contribution in [0.3, 0.4) is 0 Å². The van der Waals surface area contributed by atoms with Crippen LogP contribution in [0.25, 0.3) is 6.08 Å². The van der Waals surface area contributed by atoms with Crippen LogP contribution >= 0.6 is 0 Å². The molecule has 1 aromatic rings. The van der Waals surface area contributed by atoms with E-state index in [1.165, 1.54) is 19.2 Å². The molecule has 1 aliphatic heterocycles. The van der Waals surface area contributed by atoms with Crippen molar-refractivity contribution in [2.24, 2.45) is 0 Å². The Kier molecular flexibility index (Phi) is 4.66. The van der Waals surface area contributed by atoms with E-state index >= 15 is 0 Å². The number of aliphatic hydroxyl groups is 1. The highest BCUT2D eigenvalue weighted by Crippen LogP contribution is 2.39. The van der Waals surface area contributed by atoms with E-state index in [0.29, 0.717) is 16.8 Å². The second-order valence-electron chi connectivity index (χ2n) is 6.35. The molecule has 120 valence electrons. The maximum atomic E-state index is 13.5. The topological polar surface area (TPSA) is 47.9 Å². The van der Waals surface area contributed by atoms with Crippen LogP contribution in [-0.4, -0.2) is 37.1 Å². The highest BCUT2D eigenvalue weighted by atomic mass is 19.1. The van der Waals surface area contributed by atoms with E-state index in [1.807, 2.05) is 27.7 Å². The van der Waals surface area contributed by atoms with Crippen LogP contribution in [0.2, 0.25) is 0 Å². The van der Waals surface area contributed by atoms with Gasteiger partial charge in [0.1, 0.15) is 11.6 Å². The van der Waals surface area contributed by atoms with Gasteiger partial charge in [-0.1, -0.05) is 6.08 Å². The fraction of sp³-hybridized carbons (Fsp3) is 0.500. The largest absolute Gasteiger partial charge is 0.496 e. The van der Waals surface area contributed by atoms with Crippen molar-refractivity contribution in [3.05, 3.63) is 35.1 Å². The summed E-state index contributed by atoms with van der Waals surface area (Å²) in [5.41, 5.74) is 0.0411. The molecular weight excluding hydrogens is 286 g/mol. The van der Waals surface area contributed by atoms with Crippen molar-refractivity contribution in [2.45, 2.75) is 38.9 Å². The van der Waals surface area contributed by atoms with Crippen molar-refractivity contribution >= 4 is 13.2 Å². The van der Waals surface area contributed by atoms with Crippen LogP contribution in [0.15, 0.2) is 23.7 Å². The third-order valence-corrected chi connectivity index (χ3v) is 4.27. The molecule has 1 N–H and O–H groups in total. The number of methoxy groups -OCH3 is 1. The minimum absolute atomic E-state index is 0.253. The summed E-state index contributed by atoms with van der Waals surface area (Å²) in [7, 11) is 0.834. The number of halogens is 1. The first-order chi connectivity index (χ1) is 10.2. The number of benzene rings is 1. The summed E-state index contributed by atoms with van der Waals surface area (Å²) in [5, 5.41) is 9.66. The quantitative estimate of drug-likeness (QED) is 0.869. The van der Waals surface area contributed by atoms with Crippen molar-refractivity contribution in [3.8, 4) is 5.75 Å². The molecule has 0 spiro atoms. The van der Waals surface area contributed by atoms with Crippen LogP contribution in [0.1, 0.15) is 33.3 Å². The van der Waals surface area contributed by atoms with Crippen molar-refractivity contribution in [1.29, 1.82) is 0 Å². The Bertz CT molecular complexity index is 568. The van der Waals surface area contributed by atoms with Gasteiger partial charge in [0, 0.05) is 5.56 Å². The monoisotopic (exact) mass is 308 g/mol. The molecular formula is C16H22BFO4. The van der Waals surface area contributed by atoms with E-state index in [0.717, 1.165) is 0 Å². The summed E-state index contributed by atoms with van der Waals surface area (Å²) >= 11 is 0. The maximum Gasteiger partial charge on any atom is 0.492 e. The van der Waals surface area contributed by atoms with E-state index in [1.54, 1.807) is 12.1 Å². The molecule has 0 unspecified atom stereocenters. The van der Waals surface area contributed by atoms with Crippen molar-refractivity contribution in [1.82, 2.24) is 0 Å². The molecule has 1 saturated heterocycles. The highest BCUT2D eigenvalue weighted by Gasteiger charge is 2.52. The Morgan fingerprint density at radius 2 is 1.86 bits per heavy atom. The lowest BCUT2D eigenvalue weighted by Crippen LogP contribution is -2.41. The van der Waals surface area contributed by atoms with Gasteiger partial charge in [-0.2, -0.15) is 0 Å². The van der Waals surface area contributed by atoms with Crippen LogP contribution in [0.4, 0.5) is 4.39 Å². The molecule has 1 heterocycles. The molecule has 0 aromatic heterocycles. The number of hydrogen-bond acceptors (Lipinski definition) is 4. The third kappa shape index (κ3) is 3.19. The molecule has 1 aromatic carbocycles. The molecule has 0 atom stereocenters. The van der Waals surface area contributed by atoms with Gasteiger partial charge in [-0.25, -0.2) is 4.39 Å². The van der Waals surface area contributed by atoms with Gasteiger partial charge < -0.3 is 19.2 Å². The van der Waals surface area contributed by atoms with Crippen molar-refractivity contribution < 1.29 is 23.5 Å². The zero-order valence-corrected chi connectivity index (χ0v) is 13.6. The lowest BCUT2D eigenvalue weighted by molar-refractivity contribution is 0.00578. The molecule has 0 radical (unpaired) electrons. The smallest absolute Gasteiger partial charge is 0.492 e. The summed E-state index contributed by atoms with van der Waals surface area (Å²) in [5.74, 6) is 0.141. The average molecular weight is 308 g/mol. The first-order valence-corrected chi connectivity index (χ1v) is 7.20. The molecule has 0 bridgehead atoms. The lowest BCUT2D eigenvalue weighted by Gasteiger charge is -2.32. The zero-order valence-electron chi connectivity index (χ0n) is 13.6. The molecule has 6 heteroatoms. The average Bonchev–Trinajstić information content (AvgIpc) is 2.64. The Hall–Kier alpha value is -1.37. The van der Waals surface area contributed by atoms with Crippen molar-refractivity contribution in [2.75, 3.05) is 13.7 Å². The molecule has 22 heavy (non-hydrogen) atoms. The number of hydrogen-bond donors (Lipinski definition) is 1. The van der Waals surface area contributed by atoms with Gasteiger partial charge in [0.05, 0.1) is 24.9 Å². The molecule has 1 fully saturated rings. The highest BCUT2D eigenvalue weighted by molar-refractivity contribution is 6.55. The summed E-state index contributed by atoms with van der Waals surface area (Å²) < 4.78 is 30.5. The molecule has 0 aliphatic carbocycles. The normalized spacial score (nSPS) is 20.3. The van der Waals surface area contributed by atoms with Crippen molar-refractivity contribution in [3.63, 3.8) is 0 Å². The Morgan fingerprint density at radius 3 is 2.36 bits per heavy atom. The maximum absolute atomic E-state index is 13.5. The predicted octanol–water partition coefficient (Wildman–Crippen LogP) is 2.84. The minimum Gasteiger partial charge on any atom is -0.496 e. The molecule has 4 nitrogen and oxygen atoms in total. The fourth-order valence-electron chi connectivity index (χ4n) is 2.20. The first kappa shape index (κ1) is 17.0. The van der Waals surface area contributed by atoms with Crippen LogP contribution in [-0.2, 0) is 9.31 Å². The van der Waals surface area contributed by atoms with Gasteiger partial charge in [-0.05, 0) is 51.4 Å². The van der Waals surface area contributed by atoms with Gasteiger partial charge in [0.15, 0.2) is 0 Å². The first-order valence-electron chi connectivity index (χ1n) is 7.20. The van der Waals surface area contributed by atoms with Gasteiger partial charge in [-0.15, -0.1) is 0 Å². The lowest BCUT2D eigenvalue weighted by atomic mass is 9.77. The second kappa shape index (κ2) is 6.03. The summed E-state index contributed by atoms with van der Waals surface area (Å²) in [6.07, 6.45) is 1.64. The molecule has 2 rings (SSSR count). The standard InChI is InChI=1S/C16H22BFO4/c1-15(2)16(3,4)22-17(21-15)12(10-19)8-11-9-13(18)6-7-14(11)20-5/h6-9,19H,10H2,1-5H3. The van der Waals surface area contributed by atoms with E-state index in [4.69, 9.17) is 14.0 Å². The van der Waals surface area contributed by atoms with Gasteiger partial charge in [-0.3, -0.25) is 0 Å². The van der Waals surface area contributed by atoms with Gasteiger partial charge in [0.25, 0.3) is 0 Å². The van der Waals surface area contributed by atoms with E-state index in [-0.39, 0.29) is 12.4 Å². The SMILES string of the molecule is COc1ccc(F)cc1C=C(CO)B1OC(C)(C)C(C)(C)O1. The molecule has 1 aliphatic rings. The summed E-state index contributed by atoms with van der Waals surface area (Å²) in [6.45, 7) is 7.49. The Balaban J connectivity index is 2.35. The number of ether oxygens (including phenoxy) is 1. The minimum atomic E-state index is -0.678. The van der Waals surface area contributed by atoms with Gasteiger partial charge >= 0.3 is 7.12 Å². The van der Waals surface area contributed by atoms with E-state index < -0.39 is 18.3 Å². The van der Waals surface area contributed by atoms with Gasteiger partial charge in [0.2, 0.25) is 0 Å². The zero-order chi connectivity index (χ0) is 16.5. The Labute approximate surface area is 131 Å². The predicted molar refractivity (Wildman–Crippen MR) is 84.1 cm³/mol. The second-order valence-corrected chi connectivity index (χ2v) is 6.35. The van der Waals surface area contributed by atoms with Crippen LogP contribution in [0.5, 0.6) is 5.75 Å². The Morgan fingerprint density at radius 1 is 1.27 bits per heavy atom. The summed E-state index contributed by atoms with van der Waals surface area (Å²) in [6, 6.07) is 4.21. The van der Waals surface area contributed by atoms with Crippen LogP contribution < -0.4 is 4.74 Å². The third-order valence-electron chi connectivity index (χ3n) is 4.27. The van der Waals surface area contributed by atoms with E-state index in [2.05, 4.69) is 0 Å². The van der Waals surface area contributed by atoms with E-state index in [9.17, 15) is 9.50 Å². The summed E-state index contributed by atoms with van der Waals surface area (Å²) in [4.78, 5) is 0. The number of aliphatic hydroxyl groups excluding tert-OH is 1. The fourth-order valence-corrected chi connectivity index (χ4v) is 2.20. The number of rotatable bonds is 4.